The van der Waals surface area contributed by atoms with Crippen molar-refractivity contribution < 1.29 is 19.4 Å². The van der Waals surface area contributed by atoms with Crippen molar-refractivity contribution in [1.29, 1.82) is 0 Å². The number of carbonyl (C=O) groups is 2. The van der Waals surface area contributed by atoms with E-state index in [1.807, 2.05) is 41.8 Å². The number of anilines is 1. The van der Waals surface area contributed by atoms with Gasteiger partial charge in [-0.2, -0.15) is 0 Å². The van der Waals surface area contributed by atoms with E-state index in [4.69, 9.17) is 9.84 Å². The highest BCUT2D eigenvalue weighted by molar-refractivity contribution is 7.13. The third-order valence-electron chi connectivity index (χ3n) is 4.30. The lowest BCUT2D eigenvalue weighted by atomic mass is 10.1. The van der Waals surface area contributed by atoms with Crippen LogP contribution in [0.1, 0.15) is 0 Å². The molecule has 2 heterocycles. The van der Waals surface area contributed by atoms with Crippen molar-refractivity contribution in [3.05, 3.63) is 41.8 Å². The van der Waals surface area contributed by atoms with Crippen LogP contribution in [-0.4, -0.2) is 72.8 Å². The van der Waals surface area contributed by atoms with Crippen molar-refractivity contribution in [3.8, 4) is 10.4 Å². The molecule has 1 unspecified atom stereocenters. The van der Waals surface area contributed by atoms with Crippen molar-refractivity contribution in [2.75, 3.05) is 45.2 Å². The van der Waals surface area contributed by atoms with Crippen LogP contribution < -0.4 is 5.32 Å². The van der Waals surface area contributed by atoms with E-state index in [0.29, 0.717) is 26.2 Å². The number of ether oxygens (including phenoxy) is 1. The van der Waals surface area contributed by atoms with Crippen molar-refractivity contribution in [1.82, 2.24) is 9.80 Å². The second-order valence-electron chi connectivity index (χ2n) is 6.48. The highest BCUT2D eigenvalue weighted by Crippen LogP contribution is 2.31. The van der Waals surface area contributed by atoms with E-state index in [0.717, 1.165) is 16.1 Å². The normalized spacial score (nSPS) is 17.1. The van der Waals surface area contributed by atoms with Gasteiger partial charge in [0.05, 0.1) is 24.9 Å². The van der Waals surface area contributed by atoms with Gasteiger partial charge in [0.25, 0.3) is 0 Å². The molecule has 1 aromatic heterocycles. The third kappa shape index (κ3) is 5.29. The van der Waals surface area contributed by atoms with E-state index in [9.17, 15) is 9.59 Å². The molecule has 3 rings (SSSR count). The molecule has 0 spiro atoms. The SMILES string of the molecule is CN(CC(=O)O)CC1CN(C(=O)Nc2ccccc2-c2cccs2)CCO1. The van der Waals surface area contributed by atoms with E-state index in [1.54, 1.807) is 28.2 Å². The average Bonchev–Trinajstić information content (AvgIpc) is 3.16. The van der Waals surface area contributed by atoms with Gasteiger partial charge in [0.1, 0.15) is 0 Å². The Morgan fingerprint density at radius 1 is 1.33 bits per heavy atom. The van der Waals surface area contributed by atoms with Crippen molar-refractivity contribution in [3.63, 3.8) is 0 Å². The number of para-hydroxylation sites is 1. The number of carbonyl (C=O) groups excluding carboxylic acids is 1. The van der Waals surface area contributed by atoms with E-state index in [1.165, 1.54) is 0 Å². The molecule has 1 aliphatic heterocycles. The fraction of sp³-hybridized carbons (Fsp3) is 0.368. The first kappa shape index (κ1) is 19.3. The first-order valence-electron chi connectivity index (χ1n) is 8.73. The monoisotopic (exact) mass is 389 g/mol. The van der Waals surface area contributed by atoms with Crippen molar-refractivity contribution in [2.24, 2.45) is 0 Å². The first-order valence-corrected chi connectivity index (χ1v) is 9.61. The largest absolute Gasteiger partial charge is 0.480 e. The molecule has 7 nitrogen and oxygen atoms in total. The van der Waals surface area contributed by atoms with Gasteiger partial charge in [-0.05, 0) is 24.6 Å². The maximum atomic E-state index is 12.8. The number of hydrogen-bond acceptors (Lipinski definition) is 5. The smallest absolute Gasteiger partial charge is 0.322 e. The molecule has 8 heteroatoms. The Labute approximate surface area is 162 Å². The van der Waals surface area contributed by atoms with Crippen molar-refractivity contribution in [2.45, 2.75) is 6.10 Å². The molecule has 27 heavy (non-hydrogen) atoms. The minimum Gasteiger partial charge on any atom is -0.480 e. The number of thiophene rings is 1. The van der Waals surface area contributed by atoms with E-state index in [-0.39, 0.29) is 18.7 Å². The molecule has 1 saturated heterocycles. The molecule has 0 radical (unpaired) electrons. The first-order chi connectivity index (χ1) is 13.0. The van der Waals surface area contributed by atoms with Crippen LogP contribution in [0.5, 0.6) is 0 Å². The lowest BCUT2D eigenvalue weighted by molar-refractivity contribution is -0.138. The van der Waals surface area contributed by atoms with Gasteiger partial charge in [-0.1, -0.05) is 24.3 Å². The Morgan fingerprint density at radius 3 is 2.89 bits per heavy atom. The number of rotatable bonds is 6. The molecular formula is C19H23N3O4S. The van der Waals surface area contributed by atoms with Crippen LogP contribution in [0, 0.1) is 0 Å². The molecule has 1 aromatic carbocycles. The average molecular weight is 389 g/mol. The summed E-state index contributed by atoms with van der Waals surface area (Å²) in [6.45, 7) is 1.77. The Balaban J connectivity index is 1.62. The van der Waals surface area contributed by atoms with Gasteiger partial charge >= 0.3 is 12.0 Å². The molecule has 1 atom stereocenters. The standard InChI is InChI=1S/C19H23N3O4S/c1-21(13-18(23)24)11-14-12-22(8-9-26-14)19(25)20-16-6-3-2-5-15(16)17-7-4-10-27-17/h2-7,10,14H,8-9,11-13H2,1H3,(H,20,25)(H,23,24). The molecule has 144 valence electrons. The second kappa shape index (κ2) is 8.98. The Bertz CT molecular complexity index is 781. The molecule has 2 aromatic rings. The zero-order valence-electron chi connectivity index (χ0n) is 15.1. The van der Waals surface area contributed by atoms with Gasteiger partial charge in [-0.3, -0.25) is 9.69 Å². The summed E-state index contributed by atoms with van der Waals surface area (Å²) in [6.07, 6.45) is -0.207. The van der Waals surface area contributed by atoms with E-state index < -0.39 is 5.97 Å². The second-order valence-corrected chi connectivity index (χ2v) is 7.43. The lowest BCUT2D eigenvalue weighted by Gasteiger charge is -2.34. The predicted octanol–water partition coefficient (Wildman–Crippen LogP) is 2.66. The minimum absolute atomic E-state index is 0.0553. The molecule has 0 saturated carbocycles. The number of morpholine rings is 1. The minimum atomic E-state index is -0.881. The number of carboxylic acids is 1. The Morgan fingerprint density at radius 2 is 2.15 bits per heavy atom. The van der Waals surface area contributed by atoms with Crippen LogP contribution in [0.2, 0.25) is 0 Å². The van der Waals surface area contributed by atoms with Crippen LogP contribution >= 0.6 is 11.3 Å². The topological polar surface area (TPSA) is 82.1 Å². The number of amides is 2. The van der Waals surface area contributed by atoms with E-state index in [2.05, 4.69) is 5.32 Å². The zero-order chi connectivity index (χ0) is 19.2. The number of likely N-dealkylation sites (N-methyl/N-ethyl adjacent to an activating group) is 1. The summed E-state index contributed by atoms with van der Waals surface area (Å²) in [6, 6.07) is 11.6. The summed E-state index contributed by atoms with van der Waals surface area (Å²) in [5.41, 5.74) is 1.77. The Kier molecular flexibility index (Phi) is 6.44. The van der Waals surface area contributed by atoms with Crippen LogP contribution in [-0.2, 0) is 9.53 Å². The number of hydrogen-bond donors (Lipinski definition) is 2. The van der Waals surface area contributed by atoms with Crippen LogP contribution in [0.4, 0.5) is 10.5 Å². The Hall–Kier alpha value is -2.42. The molecule has 1 fully saturated rings. The summed E-state index contributed by atoms with van der Waals surface area (Å²) < 4.78 is 5.69. The van der Waals surface area contributed by atoms with Gasteiger partial charge in [0, 0.05) is 30.1 Å². The van der Waals surface area contributed by atoms with Crippen molar-refractivity contribution >= 4 is 29.0 Å². The van der Waals surface area contributed by atoms with E-state index >= 15 is 0 Å². The molecular weight excluding hydrogens is 366 g/mol. The summed E-state index contributed by atoms with van der Waals surface area (Å²) >= 11 is 1.63. The quantitative estimate of drug-likeness (QED) is 0.794. The highest BCUT2D eigenvalue weighted by Gasteiger charge is 2.26. The number of carboxylic acid groups (broad SMARTS) is 1. The number of nitrogens with one attached hydrogen (secondary N) is 1. The maximum Gasteiger partial charge on any atom is 0.322 e. The van der Waals surface area contributed by atoms with Gasteiger partial charge < -0.3 is 20.1 Å². The molecule has 0 aliphatic carbocycles. The number of nitrogens with zero attached hydrogens (tertiary/aromatic N) is 2. The fourth-order valence-electron chi connectivity index (χ4n) is 3.09. The maximum absolute atomic E-state index is 12.8. The van der Waals surface area contributed by atoms with Crippen LogP contribution in [0.15, 0.2) is 41.8 Å². The molecule has 1 aliphatic rings. The lowest BCUT2D eigenvalue weighted by Crippen LogP contribution is -2.50. The summed E-state index contributed by atoms with van der Waals surface area (Å²) in [4.78, 5) is 28.0. The molecule has 2 amide bonds. The highest BCUT2D eigenvalue weighted by atomic mass is 32.1. The number of benzene rings is 1. The fourth-order valence-corrected chi connectivity index (χ4v) is 3.86. The van der Waals surface area contributed by atoms with Gasteiger partial charge in [-0.25, -0.2) is 4.79 Å². The van der Waals surface area contributed by atoms with Crippen LogP contribution in [0.3, 0.4) is 0 Å². The summed E-state index contributed by atoms with van der Waals surface area (Å²) in [5.74, 6) is -0.881. The zero-order valence-corrected chi connectivity index (χ0v) is 15.9. The summed E-state index contributed by atoms with van der Waals surface area (Å²) in [7, 11) is 1.73. The molecule has 2 N–H and O–H groups in total. The number of aliphatic carboxylic acids is 1. The number of urea groups is 1. The van der Waals surface area contributed by atoms with Gasteiger partial charge in [0.15, 0.2) is 0 Å². The predicted molar refractivity (Wildman–Crippen MR) is 105 cm³/mol. The van der Waals surface area contributed by atoms with Crippen LogP contribution in [0.25, 0.3) is 10.4 Å². The van der Waals surface area contributed by atoms with Gasteiger partial charge in [-0.15, -0.1) is 11.3 Å². The third-order valence-corrected chi connectivity index (χ3v) is 5.20. The summed E-state index contributed by atoms with van der Waals surface area (Å²) in [5, 5.41) is 13.9. The van der Waals surface area contributed by atoms with Gasteiger partial charge in [0.2, 0.25) is 0 Å². The molecule has 0 bridgehead atoms.